The zero-order chi connectivity index (χ0) is 16.8. The maximum atomic E-state index is 11.9. The summed E-state index contributed by atoms with van der Waals surface area (Å²) in [7, 11) is 0. The van der Waals surface area contributed by atoms with Crippen LogP contribution in [0.4, 0.5) is 13.2 Å². The van der Waals surface area contributed by atoms with Gasteiger partial charge in [0, 0.05) is 0 Å². The van der Waals surface area contributed by atoms with Gasteiger partial charge in [-0.2, -0.15) is 0 Å². The number of hydrogen-bond donors (Lipinski definition) is 2. The molecule has 10 heteroatoms. The molecule has 0 fully saturated rings. The Labute approximate surface area is 122 Å². The first-order chi connectivity index (χ1) is 10.2. The quantitative estimate of drug-likeness (QED) is 0.735. The number of rotatable bonds is 6. The smallest absolute Gasteiger partial charge is 0.452 e. The van der Waals surface area contributed by atoms with Gasteiger partial charge in [0.05, 0.1) is 12.1 Å². The second-order valence-electron chi connectivity index (χ2n) is 3.89. The Hall–Kier alpha value is -2.78. The third-order valence-electron chi connectivity index (χ3n) is 2.12. The SMILES string of the molecule is NC(=O)CNC(=O)COC(=O)c1ccc(OC(F)(F)F)cc1. The minimum atomic E-state index is -4.83. The molecule has 0 heterocycles. The molecule has 7 nitrogen and oxygen atoms in total. The van der Waals surface area contributed by atoms with Crippen LogP contribution in [0.15, 0.2) is 24.3 Å². The molecule has 0 aliphatic heterocycles. The summed E-state index contributed by atoms with van der Waals surface area (Å²) in [4.78, 5) is 33.1. The maximum Gasteiger partial charge on any atom is 0.573 e. The summed E-state index contributed by atoms with van der Waals surface area (Å²) in [5.41, 5.74) is 4.72. The van der Waals surface area contributed by atoms with Crippen LogP contribution in [-0.4, -0.2) is 37.3 Å². The number of halogens is 3. The highest BCUT2D eigenvalue weighted by Gasteiger charge is 2.31. The first kappa shape index (κ1) is 17.3. The van der Waals surface area contributed by atoms with E-state index in [2.05, 4.69) is 14.8 Å². The molecule has 0 spiro atoms. The molecule has 22 heavy (non-hydrogen) atoms. The number of amides is 2. The van der Waals surface area contributed by atoms with E-state index in [-0.39, 0.29) is 5.56 Å². The Morgan fingerprint density at radius 3 is 2.23 bits per heavy atom. The van der Waals surface area contributed by atoms with Crippen molar-refractivity contribution in [2.24, 2.45) is 5.73 Å². The zero-order valence-corrected chi connectivity index (χ0v) is 11.0. The van der Waals surface area contributed by atoms with Crippen LogP contribution < -0.4 is 15.8 Å². The van der Waals surface area contributed by atoms with Gasteiger partial charge >= 0.3 is 12.3 Å². The molecule has 1 rings (SSSR count). The minimum Gasteiger partial charge on any atom is -0.452 e. The predicted octanol–water partition coefficient (Wildman–Crippen LogP) is 0.343. The lowest BCUT2D eigenvalue weighted by Crippen LogP contribution is -2.35. The molecular weight excluding hydrogens is 309 g/mol. The van der Waals surface area contributed by atoms with E-state index in [4.69, 9.17) is 5.73 Å². The maximum absolute atomic E-state index is 11.9. The Morgan fingerprint density at radius 2 is 1.73 bits per heavy atom. The van der Waals surface area contributed by atoms with Gasteiger partial charge in [-0.1, -0.05) is 0 Å². The van der Waals surface area contributed by atoms with E-state index in [1.807, 2.05) is 0 Å². The van der Waals surface area contributed by atoms with Crippen molar-refractivity contribution in [2.75, 3.05) is 13.2 Å². The minimum absolute atomic E-state index is 0.0720. The normalized spacial score (nSPS) is 10.7. The van der Waals surface area contributed by atoms with Crippen molar-refractivity contribution >= 4 is 17.8 Å². The van der Waals surface area contributed by atoms with Crippen molar-refractivity contribution in [2.45, 2.75) is 6.36 Å². The highest BCUT2D eigenvalue weighted by atomic mass is 19.4. The van der Waals surface area contributed by atoms with Crippen molar-refractivity contribution in [3.05, 3.63) is 29.8 Å². The Balaban J connectivity index is 2.49. The molecule has 0 aromatic heterocycles. The summed E-state index contributed by atoms with van der Waals surface area (Å²) in [5.74, 6) is -2.93. The van der Waals surface area contributed by atoms with Crippen LogP contribution in [0.25, 0.3) is 0 Å². The fourth-order valence-electron chi connectivity index (χ4n) is 1.24. The third-order valence-corrected chi connectivity index (χ3v) is 2.12. The van der Waals surface area contributed by atoms with E-state index >= 15 is 0 Å². The van der Waals surface area contributed by atoms with E-state index in [9.17, 15) is 27.6 Å². The van der Waals surface area contributed by atoms with E-state index in [1.54, 1.807) is 0 Å². The lowest BCUT2D eigenvalue weighted by atomic mass is 10.2. The van der Waals surface area contributed by atoms with Crippen molar-refractivity contribution in [3.8, 4) is 5.75 Å². The lowest BCUT2D eigenvalue weighted by Gasteiger charge is -2.09. The van der Waals surface area contributed by atoms with Crippen molar-refractivity contribution in [1.29, 1.82) is 0 Å². The average molecular weight is 320 g/mol. The van der Waals surface area contributed by atoms with Crippen LogP contribution in [-0.2, 0) is 14.3 Å². The zero-order valence-electron chi connectivity index (χ0n) is 11.0. The second-order valence-corrected chi connectivity index (χ2v) is 3.89. The monoisotopic (exact) mass is 320 g/mol. The fourth-order valence-corrected chi connectivity index (χ4v) is 1.24. The first-order valence-corrected chi connectivity index (χ1v) is 5.75. The largest absolute Gasteiger partial charge is 0.573 e. The average Bonchev–Trinajstić information content (AvgIpc) is 2.41. The molecule has 0 saturated carbocycles. The van der Waals surface area contributed by atoms with Gasteiger partial charge in [0.1, 0.15) is 5.75 Å². The lowest BCUT2D eigenvalue weighted by molar-refractivity contribution is -0.274. The molecule has 0 bridgehead atoms. The van der Waals surface area contributed by atoms with Crippen molar-refractivity contribution < 1.29 is 37.0 Å². The molecule has 2 amide bonds. The van der Waals surface area contributed by atoms with Crippen molar-refractivity contribution in [3.63, 3.8) is 0 Å². The summed E-state index contributed by atoms with van der Waals surface area (Å²) in [6.07, 6.45) is -4.83. The molecule has 0 saturated heterocycles. The Bertz CT molecular complexity index is 557. The number of nitrogens with two attached hydrogens (primary N) is 1. The third kappa shape index (κ3) is 6.59. The Morgan fingerprint density at radius 1 is 1.14 bits per heavy atom. The summed E-state index contributed by atoms with van der Waals surface area (Å²) >= 11 is 0. The first-order valence-electron chi connectivity index (χ1n) is 5.75. The number of nitrogens with one attached hydrogen (secondary N) is 1. The molecular formula is C12H11F3N2O5. The molecule has 120 valence electrons. The van der Waals surface area contributed by atoms with Crippen molar-refractivity contribution in [1.82, 2.24) is 5.32 Å². The molecule has 0 radical (unpaired) electrons. The van der Waals surface area contributed by atoms with Gasteiger partial charge in [-0.25, -0.2) is 4.79 Å². The molecule has 0 aliphatic carbocycles. The van der Waals surface area contributed by atoms with Gasteiger partial charge in [-0.15, -0.1) is 13.2 Å². The molecule has 1 aromatic carbocycles. The molecule has 0 aliphatic rings. The number of alkyl halides is 3. The van der Waals surface area contributed by atoms with Gasteiger partial charge in [0.15, 0.2) is 6.61 Å². The number of hydrogen-bond acceptors (Lipinski definition) is 5. The van der Waals surface area contributed by atoms with E-state index in [0.29, 0.717) is 0 Å². The second kappa shape index (κ2) is 7.29. The summed E-state index contributed by atoms with van der Waals surface area (Å²) < 4.78 is 44.1. The molecule has 0 atom stereocenters. The topological polar surface area (TPSA) is 108 Å². The predicted molar refractivity (Wildman–Crippen MR) is 65.6 cm³/mol. The van der Waals surface area contributed by atoms with Crippen LogP contribution in [0.1, 0.15) is 10.4 Å². The number of ether oxygens (including phenoxy) is 2. The molecule has 3 N–H and O–H groups in total. The highest BCUT2D eigenvalue weighted by molar-refractivity contribution is 5.92. The van der Waals surface area contributed by atoms with Crippen LogP contribution >= 0.6 is 0 Å². The van der Waals surface area contributed by atoms with Crippen LogP contribution in [0, 0.1) is 0 Å². The standard InChI is InChI=1S/C12H11F3N2O5/c13-12(14,15)22-8-3-1-7(2-4-8)11(20)21-6-10(19)17-5-9(16)18/h1-4H,5-6H2,(H2,16,18)(H,17,19). The van der Waals surface area contributed by atoms with Crippen LogP contribution in [0.5, 0.6) is 5.75 Å². The number of benzene rings is 1. The number of primary amides is 1. The van der Waals surface area contributed by atoms with Gasteiger partial charge in [-0.05, 0) is 24.3 Å². The van der Waals surface area contributed by atoms with Crippen LogP contribution in [0.2, 0.25) is 0 Å². The fraction of sp³-hybridized carbons (Fsp3) is 0.250. The van der Waals surface area contributed by atoms with Crippen LogP contribution in [0.3, 0.4) is 0 Å². The Kier molecular flexibility index (Phi) is 5.72. The van der Waals surface area contributed by atoms with Gasteiger partial charge in [0.2, 0.25) is 5.91 Å². The van der Waals surface area contributed by atoms with Gasteiger partial charge in [-0.3, -0.25) is 9.59 Å². The van der Waals surface area contributed by atoms with E-state index in [1.165, 1.54) is 0 Å². The summed E-state index contributed by atoms with van der Waals surface area (Å²) in [6, 6.07) is 3.95. The highest BCUT2D eigenvalue weighted by Crippen LogP contribution is 2.22. The number of carbonyl (C=O) groups is 3. The van der Waals surface area contributed by atoms with E-state index < -0.39 is 43.0 Å². The van der Waals surface area contributed by atoms with Gasteiger partial charge in [0.25, 0.3) is 5.91 Å². The summed E-state index contributed by atoms with van der Waals surface area (Å²) in [6.45, 7) is -1.06. The number of esters is 1. The van der Waals surface area contributed by atoms with Gasteiger partial charge < -0.3 is 20.5 Å². The number of carbonyl (C=O) groups excluding carboxylic acids is 3. The molecule has 0 unspecified atom stereocenters. The summed E-state index contributed by atoms with van der Waals surface area (Å²) in [5, 5.41) is 2.09. The molecule has 1 aromatic rings. The van der Waals surface area contributed by atoms with E-state index in [0.717, 1.165) is 24.3 Å².